The zero-order chi connectivity index (χ0) is 15.5. The first kappa shape index (κ1) is 14.7. The van der Waals surface area contributed by atoms with Crippen LogP contribution in [0.1, 0.15) is 10.5 Å². The highest BCUT2D eigenvalue weighted by Gasteiger charge is 2.14. The van der Waals surface area contributed by atoms with Crippen molar-refractivity contribution in [1.29, 1.82) is 0 Å². The van der Waals surface area contributed by atoms with E-state index in [0.29, 0.717) is 12.2 Å². The molecular weight excluding hydrogens is 296 g/mol. The SMILES string of the molecule is CN(C)CCNC(=O)c1csc2nc(-c3ccccc3)cn12. The van der Waals surface area contributed by atoms with Gasteiger partial charge in [0.15, 0.2) is 4.96 Å². The number of carbonyl (C=O) groups excluding carboxylic acids is 1. The number of likely N-dealkylation sites (N-methyl/N-ethyl adjacent to an activating group) is 1. The van der Waals surface area contributed by atoms with Crippen LogP contribution in [0.4, 0.5) is 0 Å². The van der Waals surface area contributed by atoms with Crippen LogP contribution in [0.15, 0.2) is 41.9 Å². The van der Waals surface area contributed by atoms with Crippen molar-refractivity contribution >= 4 is 22.2 Å². The largest absolute Gasteiger partial charge is 0.349 e. The summed E-state index contributed by atoms with van der Waals surface area (Å²) >= 11 is 1.48. The van der Waals surface area contributed by atoms with Gasteiger partial charge in [0.05, 0.1) is 5.69 Å². The number of carbonyl (C=O) groups is 1. The lowest BCUT2D eigenvalue weighted by molar-refractivity contribution is 0.0945. The Kier molecular flexibility index (Phi) is 4.22. The summed E-state index contributed by atoms with van der Waals surface area (Å²) in [4.78, 5) is 19.7. The van der Waals surface area contributed by atoms with Crippen molar-refractivity contribution in [1.82, 2.24) is 19.6 Å². The predicted octanol–water partition coefficient (Wildman–Crippen LogP) is 2.35. The fraction of sp³-hybridized carbons (Fsp3) is 0.250. The highest BCUT2D eigenvalue weighted by molar-refractivity contribution is 7.15. The molecule has 0 atom stereocenters. The average molecular weight is 314 g/mol. The Labute approximate surface area is 133 Å². The minimum absolute atomic E-state index is 0.0647. The first-order valence-electron chi connectivity index (χ1n) is 7.10. The summed E-state index contributed by atoms with van der Waals surface area (Å²) in [6, 6.07) is 9.98. The first-order chi connectivity index (χ1) is 10.6. The zero-order valence-corrected chi connectivity index (χ0v) is 13.4. The number of imidazole rings is 1. The van der Waals surface area contributed by atoms with Gasteiger partial charge in [-0.1, -0.05) is 30.3 Å². The fourth-order valence-electron chi connectivity index (χ4n) is 2.18. The fourth-order valence-corrected chi connectivity index (χ4v) is 3.03. The van der Waals surface area contributed by atoms with Gasteiger partial charge in [-0.3, -0.25) is 9.20 Å². The molecule has 0 aliphatic carbocycles. The monoisotopic (exact) mass is 314 g/mol. The zero-order valence-electron chi connectivity index (χ0n) is 12.6. The summed E-state index contributed by atoms with van der Waals surface area (Å²) in [5.74, 6) is -0.0647. The Balaban J connectivity index is 1.82. The van der Waals surface area contributed by atoms with E-state index in [9.17, 15) is 4.79 Å². The molecule has 0 aliphatic rings. The average Bonchev–Trinajstić information content (AvgIpc) is 3.07. The van der Waals surface area contributed by atoms with E-state index < -0.39 is 0 Å². The van der Waals surface area contributed by atoms with Gasteiger partial charge in [0.2, 0.25) is 0 Å². The quantitative estimate of drug-likeness (QED) is 0.786. The van der Waals surface area contributed by atoms with E-state index in [0.717, 1.165) is 22.8 Å². The molecule has 3 aromatic rings. The van der Waals surface area contributed by atoms with Gasteiger partial charge in [0, 0.05) is 30.2 Å². The van der Waals surface area contributed by atoms with Crippen LogP contribution in [-0.4, -0.2) is 47.4 Å². The maximum absolute atomic E-state index is 12.3. The molecule has 0 radical (unpaired) electrons. The molecule has 1 amide bonds. The number of hydrogen-bond donors (Lipinski definition) is 1. The third-order valence-electron chi connectivity index (χ3n) is 3.36. The Hall–Kier alpha value is -2.18. The molecule has 1 N–H and O–H groups in total. The molecule has 0 bridgehead atoms. The lowest BCUT2D eigenvalue weighted by Crippen LogP contribution is -2.31. The van der Waals surface area contributed by atoms with Crippen LogP contribution >= 0.6 is 11.3 Å². The summed E-state index contributed by atoms with van der Waals surface area (Å²) < 4.78 is 1.86. The minimum atomic E-state index is -0.0647. The Bertz CT molecular complexity index is 776. The molecule has 5 nitrogen and oxygen atoms in total. The molecule has 0 saturated heterocycles. The molecule has 2 heterocycles. The number of benzene rings is 1. The van der Waals surface area contributed by atoms with Gasteiger partial charge in [0.1, 0.15) is 5.69 Å². The number of hydrogen-bond acceptors (Lipinski definition) is 4. The molecule has 3 rings (SSSR count). The summed E-state index contributed by atoms with van der Waals surface area (Å²) in [5.41, 5.74) is 2.57. The number of thiazole rings is 1. The van der Waals surface area contributed by atoms with Gasteiger partial charge in [0.25, 0.3) is 5.91 Å². The van der Waals surface area contributed by atoms with E-state index in [4.69, 9.17) is 0 Å². The van der Waals surface area contributed by atoms with Crippen LogP contribution in [-0.2, 0) is 0 Å². The van der Waals surface area contributed by atoms with Crippen LogP contribution in [0.3, 0.4) is 0 Å². The van der Waals surface area contributed by atoms with Gasteiger partial charge >= 0.3 is 0 Å². The minimum Gasteiger partial charge on any atom is -0.349 e. The van der Waals surface area contributed by atoms with E-state index >= 15 is 0 Å². The molecule has 114 valence electrons. The van der Waals surface area contributed by atoms with Crippen molar-refractivity contribution < 1.29 is 4.79 Å². The molecule has 22 heavy (non-hydrogen) atoms. The van der Waals surface area contributed by atoms with E-state index in [1.165, 1.54) is 11.3 Å². The molecule has 0 spiro atoms. The lowest BCUT2D eigenvalue weighted by atomic mass is 10.2. The molecule has 0 unspecified atom stereocenters. The van der Waals surface area contributed by atoms with Crippen LogP contribution in [0.2, 0.25) is 0 Å². The van der Waals surface area contributed by atoms with Crippen molar-refractivity contribution in [2.45, 2.75) is 0 Å². The van der Waals surface area contributed by atoms with Crippen molar-refractivity contribution in [3.05, 3.63) is 47.6 Å². The molecule has 6 heteroatoms. The van der Waals surface area contributed by atoms with Gasteiger partial charge in [-0.25, -0.2) is 4.98 Å². The molecule has 0 fully saturated rings. The second kappa shape index (κ2) is 6.29. The van der Waals surface area contributed by atoms with Crippen molar-refractivity contribution in [3.8, 4) is 11.3 Å². The van der Waals surface area contributed by atoms with Crippen LogP contribution in [0.5, 0.6) is 0 Å². The maximum atomic E-state index is 12.3. The Morgan fingerprint density at radius 3 is 2.82 bits per heavy atom. The Morgan fingerprint density at radius 1 is 1.32 bits per heavy atom. The molecular formula is C16H18N4OS. The molecule has 1 aromatic carbocycles. The second-order valence-corrected chi connectivity index (χ2v) is 6.16. The summed E-state index contributed by atoms with van der Waals surface area (Å²) in [6.45, 7) is 1.45. The number of aromatic nitrogens is 2. The molecule has 2 aromatic heterocycles. The van der Waals surface area contributed by atoms with Gasteiger partial charge in [-0.05, 0) is 14.1 Å². The number of amides is 1. The third kappa shape index (κ3) is 3.03. The first-order valence-corrected chi connectivity index (χ1v) is 7.98. The predicted molar refractivity (Wildman–Crippen MR) is 89.4 cm³/mol. The van der Waals surface area contributed by atoms with E-state index in [2.05, 4.69) is 10.3 Å². The molecule has 0 aliphatic heterocycles. The number of nitrogens with zero attached hydrogens (tertiary/aromatic N) is 3. The maximum Gasteiger partial charge on any atom is 0.269 e. The normalized spacial score (nSPS) is 11.2. The van der Waals surface area contributed by atoms with E-state index in [-0.39, 0.29) is 5.91 Å². The van der Waals surface area contributed by atoms with Crippen molar-refractivity contribution in [2.75, 3.05) is 27.2 Å². The Morgan fingerprint density at radius 2 is 2.09 bits per heavy atom. The highest BCUT2D eigenvalue weighted by atomic mass is 32.1. The number of nitrogens with one attached hydrogen (secondary N) is 1. The smallest absolute Gasteiger partial charge is 0.269 e. The molecule has 0 saturated carbocycles. The topological polar surface area (TPSA) is 49.6 Å². The van der Waals surface area contributed by atoms with Crippen LogP contribution < -0.4 is 5.32 Å². The van der Waals surface area contributed by atoms with Gasteiger partial charge < -0.3 is 10.2 Å². The van der Waals surface area contributed by atoms with Crippen molar-refractivity contribution in [3.63, 3.8) is 0 Å². The summed E-state index contributed by atoms with van der Waals surface area (Å²) in [5, 5.41) is 4.78. The lowest BCUT2D eigenvalue weighted by Gasteiger charge is -2.09. The van der Waals surface area contributed by atoms with E-state index in [1.54, 1.807) is 0 Å². The van der Waals surface area contributed by atoms with Crippen molar-refractivity contribution in [2.24, 2.45) is 0 Å². The standard InChI is InChI=1S/C16H18N4OS/c1-19(2)9-8-17-15(21)14-11-22-16-18-13(10-20(14)16)12-6-4-3-5-7-12/h3-7,10-11H,8-9H2,1-2H3,(H,17,21). The second-order valence-electron chi connectivity index (χ2n) is 5.32. The third-order valence-corrected chi connectivity index (χ3v) is 4.20. The number of fused-ring (bicyclic) bond motifs is 1. The summed E-state index contributed by atoms with van der Waals surface area (Å²) in [7, 11) is 3.97. The van der Waals surface area contributed by atoms with Crippen LogP contribution in [0, 0.1) is 0 Å². The number of rotatable bonds is 5. The van der Waals surface area contributed by atoms with Crippen LogP contribution in [0.25, 0.3) is 16.2 Å². The van der Waals surface area contributed by atoms with E-state index in [1.807, 2.05) is 65.3 Å². The highest BCUT2D eigenvalue weighted by Crippen LogP contribution is 2.23. The summed E-state index contributed by atoms with van der Waals surface area (Å²) in [6.07, 6.45) is 1.92. The van der Waals surface area contributed by atoms with Gasteiger partial charge in [-0.2, -0.15) is 0 Å². The van der Waals surface area contributed by atoms with Gasteiger partial charge in [-0.15, -0.1) is 11.3 Å².